The van der Waals surface area contributed by atoms with E-state index < -0.39 is 0 Å². The van der Waals surface area contributed by atoms with E-state index in [4.69, 9.17) is 4.99 Å². The molecule has 0 aliphatic carbocycles. The first-order chi connectivity index (χ1) is 14.6. The molecule has 2 N–H and O–H groups in total. The van der Waals surface area contributed by atoms with E-state index in [0.717, 1.165) is 37.6 Å². The summed E-state index contributed by atoms with van der Waals surface area (Å²) < 4.78 is 15.1. The summed E-state index contributed by atoms with van der Waals surface area (Å²) in [5.74, 6) is 1.06. The van der Waals surface area contributed by atoms with Gasteiger partial charge in [-0.2, -0.15) is 0 Å². The Balaban J connectivity index is 0.00000341. The minimum Gasteiger partial charge on any atom is -0.357 e. The minimum absolute atomic E-state index is 0. The highest BCUT2D eigenvalue weighted by molar-refractivity contribution is 14.0. The molecule has 2 aromatic rings. The number of carbonyl (C=O) groups excluding carboxylic acids is 1. The molecule has 3 rings (SSSR count). The predicted molar refractivity (Wildman–Crippen MR) is 131 cm³/mol. The lowest BCUT2D eigenvalue weighted by atomic mass is 9.93. The molecule has 7 nitrogen and oxygen atoms in total. The Morgan fingerprint density at radius 2 is 2.06 bits per heavy atom. The van der Waals surface area contributed by atoms with Crippen molar-refractivity contribution >= 4 is 35.8 Å². The molecule has 170 valence electrons. The first-order valence-electron chi connectivity index (χ1n) is 10.6. The largest absolute Gasteiger partial charge is 0.357 e. The molecule has 1 aliphatic rings. The number of rotatable bonds is 7. The Bertz CT molecular complexity index is 827. The number of likely N-dealkylation sites (tertiary alicyclic amines) is 1. The predicted octanol–water partition coefficient (Wildman–Crippen LogP) is 2.85. The van der Waals surface area contributed by atoms with Crippen molar-refractivity contribution in [1.29, 1.82) is 0 Å². The average molecular weight is 542 g/mol. The van der Waals surface area contributed by atoms with Gasteiger partial charge in [-0.25, -0.2) is 9.37 Å². The SMILES string of the molecule is CCNC(=NCCNC(=O)Cc1ccc(F)cc1)N1CCC(C)C(n2ccnc2)C1.I. The van der Waals surface area contributed by atoms with Crippen molar-refractivity contribution in [3.05, 3.63) is 54.4 Å². The molecule has 9 heteroatoms. The minimum atomic E-state index is -0.299. The number of hydrogen-bond donors (Lipinski definition) is 2. The molecule has 1 saturated heterocycles. The third kappa shape index (κ3) is 7.48. The number of hydrogen-bond acceptors (Lipinski definition) is 3. The molecule has 2 unspecified atom stereocenters. The lowest BCUT2D eigenvalue weighted by Crippen LogP contribution is -2.49. The third-order valence-electron chi connectivity index (χ3n) is 5.43. The van der Waals surface area contributed by atoms with E-state index in [-0.39, 0.29) is 42.1 Å². The molecule has 1 amide bonds. The Morgan fingerprint density at radius 1 is 1.29 bits per heavy atom. The summed E-state index contributed by atoms with van der Waals surface area (Å²) in [7, 11) is 0. The lowest BCUT2D eigenvalue weighted by Gasteiger charge is -2.39. The molecule has 1 fully saturated rings. The highest BCUT2D eigenvalue weighted by Gasteiger charge is 2.28. The van der Waals surface area contributed by atoms with Gasteiger partial charge in [0.2, 0.25) is 5.91 Å². The number of carbonyl (C=O) groups is 1. The summed E-state index contributed by atoms with van der Waals surface area (Å²) in [4.78, 5) is 23.3. The van der Waals surface area contributed by atoms with E-state index >= 15 is 0 Å². The van der Waals surface area contributed by atoms with Crippen LogP contribution in [0.15, 0.2) is 48.0 Å². The summed E-state index contributed by atoms with van der Waals surface area (Å²) in [6.07, 6.45) is 7.04. The topological polar surface area (TPSA) is 74.6 Å². The van der Waals surface area contributed by atoms with E-state index in [1.165, 1.54) is 12.1 Å². The summed E-state index contributed by atoms with van der Waals surface area (Å²) in [6.45, 7) is 7.92. The van der Waals surface area contributed by atoms with Gasteiger partial charge in [-0.3, -0.25) is 9.79 Å². The maximum absolute atomic E-state index is 13.0. The summed E-state index contributed by atoms with van der Waals surface area (Å²) in [5, 5.41) is 6.26. The molecule has 0 spiro atoms. The monoisotopic (exact) mass is 542 g/mol. The second-order valence-corrected chi connectivity index (χ2v) is 7.68. The number of amides is 1. The highest BCUT2D eigenvalue weighted by Crippen LogP contribution is 2.27. The zero-order valence-corrected chi connectivity index (χ0v) is 20.5. The Labute approximate surface area is 200 Å². The zero-order chi connectivity index (χ0) is 21.3. The van der Waals surface area contributed by atoms with Crippen LogP contribution in [0.2, 0.25) is 0 Å². The normalized spacial score (nSPS) is 18.9. The van der Waals surface area contributed by atoms with Gasteiger partial charge in [0.15, 0.2) is 5.96 Å². The number of aromatic nitrogens is 2. The number of benzene rings is 1. The first-order valence-corrected chi connectivity index (χ1v) is 10.6. The highest BCUT2D eigenvalue weighted by atomic mass is 127. The number of nitrogens with zero attached hydrogens (tertiary/aromatic N) is 4. The van der Waals surface area contributed by atoms with Crippen LogP contribution in [0.25, 0.3) is 0 Å². The number of halogens is 2. The van der Waals surface area contributed by atoms with Gasteiger partial charge in [0.25, 0.3) is 0 Å². The van der Waals surface area contributed by atoms with Gasteiger partial charge in [0.05, 0.1) is 25.3 Å². The molecule has 1 aliphatic heterocycles. The standard InChI is InChI=1S/C22H31FN6O.HI/c1-3-25-22(28-12-8-17(2)20(15-28)29-13-11-24-16-29)27-10-9-26-21(30)14-18-4-6-19(23)7-5-18;/h4-7,11,13,16-17,20H,3,8-10,12,14-15H2,1-2H3,(H,25,27)(H,26,30);1H. The molecule has 0 bridgehead atoms. The van der Waals surface area contributed by atoms with E-state index in [0.29, 0.717) is 25.0 Å². The summed E-state index contributed by atoms with van der Waals surface area (Å²) in [6, 6.07) is 6.35. The summed E-state index contributed by atoms with van der Waals surface area (Å²) in [5.41, 5.74) is 0.790. The maximum Gasteiger partial charge on any atom is 0.224 e. The van der Waals surface area contributed by atoms with E-state index in [9.17, 15) is 9.18 Å². The molecule has 0 radical (unpaired) electrons. The average Bonchev–Trinajstić information content (AvgIpc) is 3.27. The molecule has 1 aromatic carbocycles. The van der Waals surface area contributed by atoms with Gasteiger partial charge < -0.3 is 20.1 Å². The van der Waals surface area contributed by atoms with Gasteiger partial charge in [0, 0.05) is 38.6 Å². The van der Waals surface area contributed by atoms with Crippen LogP contribution >= 0.6 is 24.0 Å². The second kappa shape index (κ2) is 12.6. The fourth-order valence-electron chi connectivity index (χ4n) is 3.73. The lowest BCUT2D eigenvalue weighted by molar-refractivity contribution is -0.120. The molecule has 1 aromatic heterocycles. The van der Waals surface area contributed by atoms with Crippen LogP contribution in [0.1, 0.15) is 31.9 Å². The quantitative estimate of drug-likeness (QED) is 0.244. The smallest absolute Gasteiger partial charge is 0.224 e. The number of aliphatic imine (C=N–C) groups is 1. The van der Waals surface area contributed by atoms with Crippen molar-refractivity contribution in [2.24, 2.45) is 10.9 Å². The van der Waals surface area contributed by atoms with Gasteiger partial charge in [-0.1, -0.05) is 19.1 Å². The first kappa shape index (κ1) is 25.1. The van der Waals surface area contributed by atoms with Crippen LogP contribution in [-0.4, -0.2) is 59.0 Å². The number of piperidine rings is 1. The van der Waals surface area contributed by atoms with Crippen LogP contribution in [-0.2, 0) is 11.2 Å². The molecule has 0 saturated carbocycles. The van der Waals surface area contributed by atoms with E-state index in [2.05, 4.69) is 38.9 Å². The molecular formula is C22H32FIN6O. The van der Waals surface area contributed by atoms with E-state index in [1.54, 1.807) is 12.1 Å². The van der Waals surface area contributed by atoms with Crippen LogP contribution < -0.4 is 10.6 Å². The van der Waals surface area contributed by atoms with Crippen molar-refractivity contribution in [3.63, 3.8) is 0 Å². The number of imidazole rings is 1. The number of guanidine groups is 1. The Morgan fingerprint density at radius 3 is 2.74 bits per heavy atom. The van der Waals surface area contributed by atoms with Crippen molar-refractivity contribution in [2.45, 2.75) is 32.7 Å². The van der Waals surface area contributed by atoms with Crippen molar-refractivity contribution in [3.8, 4) is 0 Å². The van der Waals surface area contributed by atoms with Crippen LogP contribution in [0.4, 0.5) is 4.39 Å². The fourth-order valence-corrected chi connectivity index (χ4v) is 3.73. The maximum atomic E-state index is 13.0. The molecule has 31 heavy (non-hydrogen) atoms. The van der Waals surface area contributed by atoms with Crippen LogP contribution in [0.5, 0.6) is 0 Å². The van der Waals surface area contributed by atoms with Gasteiger partial charge in [-0.15, -0.1) is 24.0 Å². The number of nitrogens with one attached hydrogen (secondary N) is 2. The van der Waals surface area contributed by atoms with Crippen molar-refractivity contribution in [2.75, 3.05) is 32.7 Å². The van der Waals surface area contributed by atoms with Crippen molar-refractivity contribution < 1.29 is 9.18 Å². The van der Waals surface area contributed by atoms with Gasteiger partial charge in [-0.05, 0) is 37.0 Å². The third-order valence-corrected chi connectivity index (χ3v) is 5.43. The van der Waals surface area contributed by atoms with Gasteiger partial charge >= 0.3 is 0 Å². The van der Waals surface area contributed by atoms with Crippen LogP contribution in [0, 0.1) is 11.7 Å². The Kier molecular flexibility index (Phi) is 10.2. The van der Waals surface area contributed by atoms with Crippen molar-refractivity contribution in [1.82, 2.24) is 25.1 Å². The molecular weight excluding hydrogens is 510 g/mol. The van der Waals surface area contributed by atoms with E-state index in [1.807, 2.05) is 18.7 Å². The molecule has 2 heterocycles. The second-order valence-electron chi connectivity index (χ2n) is 7.68. The van der Waals surface area contributed by atoms with Crippen LogP contribution in [0.3, 0.4) is 0 Å². The summed E-state index contributed by atoms with van der Waals surface area (Å²) >= 11 is 0. The van der Waals surface area contributed by atoms with Gasteiger partial charge in [0.1, 0.15) is 5.82 Å². The zero-order valence-electron chi connectivity index (χ0n) is 18.1. The Hall–Kier alpha value is -2.17. The fraction of sp³-hybridized carbons (Fsp3) is 0.500. The molecule has 2 atom stereocenters.